The molecule has 7 nitrogen and oxygen atoms in total. The second kappa shape index (κ2) is 15.8. The minimum Gasteiger partial charge on any atom is -0.434 e. The predicted octanol–water partition coefficient (Wildman–Crippen LogP) is 0.294. The van der Waals surface area contributed by atoms with Crippen molar-refractivity contribution in [3.63, 3.8) is 0 Å². The molecule has 0 saturated heterocycles. The van der Waals surface area contributed by atoms with Crippen LogP contribution in [-0.4, -0.2) is 49.0 Å². The highest BCUT2D eigenvalue weighted by atomic mass is 16.8. The van der Waals surface area contributed by atoms with Crippen LogP contribution in [0.15, 0.2) is 0 Å². The maximum Gasteiger partial charge on any atom is 0.518 e. The Hall–Kier alpha value is -2.22. The lowest BCUT2D eigenvalue weighted by Gasteiger charge is -2.01. The van der Waals surface area contributed by atoms with Crippen LogP contribution in [0, 0.1) is 23.7 Å². The summed E-state index contributed by atoms with van der Waals surface area (Å²) in [6.07, 6.45) is -2.07. The lowest BCUT2D eigenvalue weighted by atomic mass is 10.5. The zero-order valence-electron chi connectivity index (χ0n) is 10.8. The highest BCUT2D eigenvalue weighted by molar-refractivity contribution is 5.76. The van der Waals surface area contributed by atoms with Gasteiger partial charge < -0.3 is 24.4 Å². The Labute approximate surface area is 111 Å². The van der Waals surface area contributed by atoms with Crippen molar-refractivity contribution < 1.29 is 34.0 Å². The lowest BCUT2D eigenvalue weighted by molar-refractivity contribution is 0.0409. The quantitative estimate of drug-likeness (QED) is 0.423. The molecule has 0 amide bonds. The van der Waals surface area contributed by atoms with Crippen molar-refractivity contribution in [1.29, 1.82) is 0 Å². The summed E-state index contributed by atoms with van der Waals surface area (Å²) in [5, 5.41) is 16.1. The number of carbonyl (C=O) groups excluding carboxylic acids is 2. The molecule has 0 aromatic carbocycles. The van der Waals surface area contributed by atoms with Crippen LogP contribution < -0.4 is 0 Å². The first-order valence-corrected chi connectivity index (χ1v) is 5.31. The van der Waals surface area contributed by atoms with Gasteiger partial charge in [0.15, 0.2) is 0 Å². The van der Waals surface area contributed by atoms with Crippen LogP contribution in [0.2, 0.25) is 0 Å². The minimum absolute atomic E-state index is 0.165. The van der Waals surface area contributed by atoms with E-state index >= 15 is 0 Å². The largest absolute Gasteiger partial charge is 0.518 e. The maximum atomic E-state index is 10.4. The van der Waals surface area contributed by atoms with Crippen molar-refractivity contribution >= 4 is 12.3 Å². The second-order valence-corrected chi connectivity index (χ2v) is 2.39. The normalized spacial score (nSPS) is 7.37. The first-order valence-electron chi connectivity index (χ1n) is 5.31. The molecular weight excluding hydrogens is 256 g/mol. The maximum absolute atomic E-state index is 10.4. The van der Waals surface area contributed by atoms with E-state index in [1.165, 1.54) is 0 Å². The first-order chi connectivity index (χ1) is 9.12. The Morgan fingerprint density at radius 1 is 0.895 bits per heavy atom. The van der Waals surface area contributed by atoms with E-state index in [2.05, 4.69) is 37.9 Å². The van der Waals surface area contributed by atoms with E-state index in [1.807, 2.05) is 0 Å². The Balaban J connectivity index is 0. The number of aliphatic hydroxyl groups excluding tert-OH is 2. The van der Waals surface area contributed by atoms with Crippen LogP contribution in [0.5, 0.6) is 0 Å². The van der Waals surface area contributed by atoms with E-state index in [-0.39, 0.29) is 26.4 Å². The van der Waals surface area contributed by atoms with Gasteiger partial charge in [-0.05, 0) is 25.7 Å². The van der Waals surface area contributed by atoms with Crippen molar-refractivity contribution in [1.82, 2.24) is 0 Å². The third-order valence-electron chi connectivity index (χ3n) is 1.09. The van der Waals surface area contributed by atoms with Gasteiger partial charge in [0.05, 0.1) is 13.2 Å². The smallest absolute Gasteiger partial charge is 0.434 e. The number of aliphatic hydroxyl groups is 2. The van der Waals surface area contributed by atoms with E-state index in [1.54, 1.807) is 13.8 Å². The molecule has 0 aromatic rings. The number of hydrogen-bond acceptors (Lipinski definition) is 7. The Morgan fingerprint density at radius 2 is 1.26 bits per heavy atom. The van der Waals surface area contributed by atoms with E-state index in [0.717, 1.165) is 0 Å². The van der Waals surface area contributed by atoms with Gasteiger partial charge in [0.2, 0.25) is 0 Å². The standard InChI is InChI=1S/C6H10O5.C6H6O2/c1-3-9-5(7)11-6(8)10-4-2;7-5-3-1-2-4-6-8/h3-4H2,1-2H3;7-8H,5-6H2. The van der Waals surface area contributed by atoms with Crippen LogP contribution in [0.25, 0.3) is 0 Å². The molecular formula is C12H16O7. The van der Waals surface area contributed by atoms with Crippen LogP contribution in [0.3, 0.4) is 0 Å². The number of carbonyl (C=O) groups is 2. The van der Waals surface area contributed by atoms with Crippen molar-refractivity contribution in [3.8, 4) is 23.7 Å². The van der Waals surface area contributed by atoms with Crippen LogP contribution >= 0.6 is 0 Å². The monoisotopic (exact) mass is 272 g/mol. The van der Waals surface area contributed by atoms with Gasteiger partial charge in [-0.25, -0.2) is 9.59 Å². The Morgan fingerprint density at radius 3 is 1.53 bits per heavy atom. The Bertz CT molecular complexity index is 331. The molecule has 0 heterocycles. The van der Waals surface area contributed by atoms with Crippen LogP contribution in [0.4, 0.5) is 9.59 Å². The molecule has 19 heavy (non-hydrogen) atoms. The fraction of sp³-hybridized carbons (Fsp3) is 0.500. The third-order valence-corrected chi connectivity index (χ3v) is 1.09. The van der Waals surface area contributed by atoms with E-state index < -0.39 is 12.3 Å². The molecule has 7 heteroatoms. The molecule has 0 radical (unpaired) electrons. The number of ether oxygens (including phenoxy) is 3. The highest BCUT2D eigenvalue weighted by Gasteiger charge is 2.10. The summed E-state index contributed by atoms with van der Waals surface area (Å²) < 4.78 is 12.6. The van der Waals surface area contributed by atoms with Crippen molar-refractivity contribution in [2.75, 3.05) is 26.4 Å². The molecule has 0 aliphatic rings. The molecule has 0 bridgehead atoms. The van der Waals surface area contributed by atoms with E-state index in [4.69, 9.17) is 10.2 Å². The van der Waals surface area contributed by atoms with Gasteiger partial charge in [-0.1, -0.05) is 11.8 Å². The topological polar surface area (TPSA) is 102 Å². The van der Waals surface area contributed by atoms with Crippen molar-refractivity contribution in [2.45, 2.75) is 13.8 Å². The average molecular weight is 272 g/mol. The fourth-order valence-electron chi connectivity index (χ4n) is 0.530. The summed E-state index contributed by atoms with van der Waals surface area (Å²) >= 11 is 0. The summed E-state index contributed by atoms with van der Waals surface area (Å²) in [5.74, 6) is 9.24. The zero-order chi connectivity index (χ0) is 14.9. The molecule has 0 spiro atoms. The SMILES string of the molecule is CCOC(=O)OC(=O)OCC.OCC#CC#CCO. The molecule has 0 rings (SSSR count). The molecule has 2 N–H and O–H groups in total. The van der Waals surface area contributed by atoms with Gasteiger partial charge in [-0.3, -0.25) is 0 Å². The van der Waals surface area contributed by atoms with Gasteiger partial charge in [0, 0.05) is 0 Å². The van der Waals surface area contributed by atoms with Crippen LogP contribution in [0.1, 0.15) is 13.8 Å². The van der Waals surface area contributed by atoms with Gasteiger partial charge in [-0.15, -0.1) is 0 Å². The summed E-state index contributed by atoms with van der Waals surface area (Å²) in [6, 6.07) is 0. The number of rotatable bonds is 2. The highest BCUT2D eigenvalue weighted by Crippen LogP contribution is 1.89. The first kappa shape index (κ1) is 19.1. The molecule has 0 fully saturated rings. The fourth-order valence-corrected chi connectivity index (χ4v) is 0.530. The minimum atomic E-state index is -1.04. The average Bonchev–Trinajstić information content (AvgIpc) is 2.36. The van der Waals surface area contributed by atoms with Gasteiger partial charge in [-0.2, -0.15) is 0 Å². The van der Waals surface area contributed by atoms with E-state index in [0.29, 0.717) is 0 Å². The molecule has 0 atom stereocenters. The van der Waals surface area contributed by atoms with Crippen molar-refractivity contribution in [3.05, 3.63) is 0 Å². The lowest BCUT2D eigenvalue weighted by Crippen LogP contribution is -2.14. The zero-order valence-corrected chi connectivity index (χ0v) is 10.8. The summed E-state index contributed by atoms with van der Waals surface area (Å²) in [6.45, 7) is 3.18. The summed E-state index contributed by atoms with van der Waals surface area (Å²) in [4.78, 5) is 20.8. The molecule has 106 valence electrons. The predicted molar refractivity (Wildman–Crippen MR) is 64.9 cm³/mol. The van der Waals surface area contributed by atoms with Crippen LogP contribution in [-0.2, 0) is 14.2 Å². The molecule has 0 unspecified atom stereocenters. The van der Waals surface area contributed by atoms with Gasteiger partial charge >= 0.3 is 12.3 Å². The summed E-state index contributed by atoms with van der Waals surface area (Å²) in [5.41, 5.74) is 0. The third kappa shape index (κ3) is 18.3. The molecule has 0 aliphatic carbocycles. The summed E-state index contributed by atoms with van der Waals surface area (Å²) in [7, 11) is 0. The van der Waals surface area contributed by atoms with Gasteiger partial charge in [0.25, 0.3) is 0 Å². The molecule has 0 aliphatic heterocycles. The molecule has 0 saturated carbocycles. The van der Waals surface area contributed by atoms with Crippen molar-refractivity contribution in [2.24, 2.45) is 0 Å². The molecule has 0 aromatic heterocycles. The van der Waals surface area contributed by atoms with E-state index in [9.17, 15) is 9.59 Å². The Kier molecular flexibility index (Phi) is 15.9. The number of hydrogen-bond donors (Lipinski definition) is 2. The second-order valence-electron chi connectivity index (χ2n) is 2.39. The van der Waals surface area contributed by atoms with Gasteiger partial charge in [0.1, 0.15) is 13.2 Å².